The van der Waals surface area contributed by atoms with Crippen LogP contribution in [0, 0.1) is 11.3 Å². The minimum absolute atomic E-state index is 0.203. The van der Waals surface area contributed by atoms with Crippen molar-refractivity contribution in [3.63, 3.8) is 0 Å². The molecule has 0 saturated heterocycles. The number of rotatable bonds is 5. The maximum Gasteiger partial charge on any atom is 0.270 e. The first-order chi connectivity index (χ1) is 13.2. The predicted octanol–water partition coefficient (Wildman–Crippen LogP) is 3.65. The van der Waals surface area contributed by atoms with Crippen LogP contribution >= 0.6 is 0 Å². The van der Waals surface area contributed by atoms with Gasteiger partial charge < -0.3 is 10.6 Å². The third-order valence-electron chi connectivity index (χ3n) is 4.17. The Labute approximate surface area is 156 Å². The minimum atomic E-state index is -0.203. The van der Waals surface area contributed by atoms with Crippen LogP contribution in [-0.2, 0) is 0 Å². The van der Waals surface area contributed by atoms with Crippen LogP contribution in [0.5, 0.6) is 0 Å². The van der Waals surface area contributed by atoms with Crippen LogP contribution in [0.1, 0.15) is 28.9 Å². The number of nitriles is 1. The summed E-state index contributed by atoms with van der Waals surface area (Å²) >= 11 is 0. The lowest BCUT2D eigenvalue weighted by Gasteiger charge is -2.11. The summed E-state index contributed by atoms with van der Waals surface area (Å²) in [7, 11) is 0. The second kappa shape index (κ2) is 7.26. The fraction of sp³-hybridized carbons (Fsp3) is 0.143. The normalized spacial score (nSPS) is 12.9. The van der Waals surface area contributed by atoms with Crippen molar-refractivity contribution in [3.05, 3.63) is 71.9 Å². The van der Waals surface area contributed by atoms with Gasteiger partial charge >= 0.3 is 0 Å². The highest BCUT2D eigenvalue weighted by Crippen LogP contribution is 2.23. The summed E-state index contributed by atoms with van der Waals surface area (Å²) < 4.78 is 0. The molecule has 0 spiro atoms. The summed E-state index contributed by atoms with van der Waals surface area (Å²) in [5.41, 5.74) is 2.41. The number of nitrogens with zero attached hydrogens (tertiary/aromatic N) is 3. The first-order valence-corrected chi connectivity index (χ1v) is 8.74. The van der Waals surface area contributed by atoms with Gasteiger partial charge in [0, 0.05) is 23.4 Å². The molecular formula is C21H17N5O. The zero-order chi connectivity index (χ0) is 18.6. The number of nitrogens with one attached hydrogen (secondary N) is 2. The molecule has 3 aromatic rings. The molecule has 1 heterocycles. The Morgan fingerprint density at radius 1 is 1.04 bits per heavy atom. The van der Waals surface area contributed by atoms with Gasteiger partial charge in [-0.05, 0) is 31.0 Å². The molecule has 0 atom stereocenters. The molecule has 4 rings (SSSR count). The van der Waals surface area contributed by atoms with Gasteiger partial charge in [0.25, 0.3) is 5.91 Å². The molecule has 132 valence electrons. The van der Waals surface area contributed by atoms with Crippen molar-refractivity contribution in [2.75, 3.05) is 5.32 Å². The van der Waals surface area contributed by atoms with Gasteiger partial charge in [0.1, 0.15) is 11.5 Å². The van der Waals surface area contributed by atoms with Gasteiger partial charge in [-0.2, -0.15) is 5.26 Å². The summed E-state index contributed by atoms with van der Waals surface area (Å²) in [6.07, 6.45) is 2.02. The van der Waals surface area contributed by atoms with Crippen molar-refractivity contribution >= 4 is 17.4 Å². The minimum Gasteiger partial charge on any atom is -0.348 e. The monoisotopic (exact) mass is 355 g/mol. The van der Waals surface area contributed by atoms with Crippen molar-refractivity contribution in [2.45, 2.75) is 18.9 Å². The molecule has 1 fully saturated rings. The Morgan fingerprint density at radius 2 is 1.85 bits per heavy atom. The molecule has 1 saturated carbocycles. The number of amides is 1. The van der Waals surface area contributed by atoms with Crippen LogP contribution in [0.3, 0.4) is 0 Å². The second-order valence-corrected chi connectivity index (χ2v) is 6.39. The third-order valence-corrected chi connectivity index (χ3v) is 4.17. The van der Waals surface area contributed by atoms with Crippen molar-refractivity contribution in [3.8, 4) is 17.5 Å². The standard InChI is InChI=1S/C21H17N5O/c22-13-14-5-4-8-17(11-14)23-19-12-18(21(27)24-16-9-10-16)25-20(26-19)15-6-2-1-3-7-15/h1-8,11-12,16H,9-10H2,(H,24,27)(H,23,25,26). The molecule has 1 aliphatic rings. The molecule has 6 heteroatoms. The Bertz CT molecular complexity index is 1020. The van der Waals surface area contributed by atoms with E-state index in [0.29, 0.717) is 22.9 Å². The van der Waals surface area contributed by atoms with Crippen LogP contribution in [0.2, 0.25) is 0 Å². The van der Waals surface area contributed by atoms with Gasteiger partial charge in [-0.25, -0.2) is 9.97 Å². The number of carbonyl (C=O) groups is 1. The summed E-state index contributed by atoms with van der Waals surface area (Å²) in [5, 5.41) is 15.2. The lowest BCUT2D eigenvalue weighted by Crippen LogP contribution is -2.26. The van der Waals surface area contributed by atoms with Gasteiger partial charge in [0.05, 0.1) is 11.6 Å². The molecule has 1 aromatic heterocycles. The van der Waals surface area contributed by atoms with Crippen molar-refractivity contribution in [1.82, 2.24) is 15.3 Å². The van der Waals surface area contributed by atoms with Crippen LogP contribution in [0.4, 0.5) is 11.5 Å². The molecule has 2 aromatic carbocycles. The third kappa shape index (κ3) is 4.10. The van der Waals surface area contributed by atoms with Gasteiger partial charge in [-0.1, -0.05) is 36.4 Å². The summed E-state index contributed by atoms with van der Waals surface area (Å²) in [6, 6.07) is 20.6. The topological polar surface area (TPSA) is 90.7 Å². The first kappa shape index (κ1) is 16.7. The van der Waals surface area contributed by atoms with Crippen molar-refractivity contribution < 1.29 is 4.79 Å². The van der Waals surface area contributed by atoms with Crippen molar-refractivity contribution in [1.29, 1.82) is 5.26 Å². The Kier molecular flexibility index (Phi) is 4.50. The zero-order valence-corrected chi connectivity index (χ0v) is 14.5. The van der Waals surface area contributed by atoms with Crippen LogP contribution < -0.4 is 10.6 Å². The summed E-state index contributed by atoms with van der Waals surface area (Å²) in [6.45, 7) is 0. The van der Waals surface area contributed by atoms with E-state index in [9.17, 15) is 4.79 Å². The predicted molar refractivity (Wildman–Crippen MR) is 102 cm³/mol. The number of aromatic nitrogens is 2. The van der Waals surface area contributed by atoms with E-state index < -0.39 is 0 Å². The van der Waals surface area contributed by atoms with E-state index >= 15 is 0 Å². The number of hydrogen-bond acceptors (Lipinski definition) is 5. The highest BCUT2D eigenvalue weighted by molar-refractivity contribution is 5.94. The van der Waals surface area contributed by atoms with Gasteiger partial charge in [0.15, 0.2) is 5.82 Å². The smallest absolute Gasteiger partial charge is 0.270 e. The molecule has 0 radical (unpaired) electrons. The molecule has 2 N–H and O–H groups in total. The van der Waals surface area contributed by atoms with Crippen LogP contribution in [0.15, 0.2) is 60.7 Å². The number of hydrogen-bond donors (Lipinski definition) is 2. The van der Waals surface area contributed by atoms with Crippen LogP contribution in [-0.4, -0.2) is 21.9 Å². The molecule has 1 amide bonds. The average molecular weight is 355 g/mol. The molecule has 27 heavy (non-hydrogen) atoms. The van der Waals surface area contributed by atoms with Crippen LogP contribution in [0.25, 0.3) is 11.4 Å². The van der Waals surface area contributed by atoms with Gasteiger partial charge in [-0.15, -0.1) is 0 Å². The highest BCUT2D eigenvalue weighted by atomic mass is 16.2. The Morgan fingerprint density at radius 3 is 2.59 bits per heavy atom. The van der Waals surface area contributed by atoms with Gasteiger partial charge in [0.2, 0.25) is 0 Å². The molecule has 0 aliphatic heterocycles. The fourth-order valence-electron chi connectivity index (χ4n) is 2.65. The average Bonchev–Trinajstić information content (AvgIpc) is 3.52. The van der Waals surface area contributed by atoms with E-state index in [1.54, 1.807) is 24.3 Å². The number of carbonyl (C=O) groups excluding carboxylic acids is 1. The number of benzene rings is 2. The maximum atomic E-state index is 12.5. The lowest BCUT2D eigenvalue weighted by atomic mass is 10.2. The first-order valence-electron chi connectivity index (χ1n) is 8.74. The number of anilines is 2. The fourth-order valence-corrected chi connectivity index (χ4v) is 2.65. The molecule has 1 aliphatic carbocycles. The van der Waals surface area contributed by atoms with Gasteiger partial charge in [-0.3, -0.25) is 4.79 Å². The zero-order valence-electron chi connectivity index (χ0n) is 14.5. The molecule has 6 nitrogen and oxygen atoms in total. The van der Waals surface area contributed by atoms with E-state index in [-0.39, 0.29) is 11.9 Å². The van der Waals surface area contributed by atoms with E-state index in [4.69, 9.17) is 5.26 Å². The van der Waals surface area contributed by atoms with E-state index in [0.717, 1.165) is 24.1 Å². The lowest BCUT2D eigenvalue weighted by molar-refractivity contribution is 0.0946. The quantitative estimate of drug-likeness (QED) is 0.729. The van der Waals surface area contributed by atoms with E-state index in [1.165, 1.54) is 0 Å². The molecule has 0 unspecified atom stereocenters. The molecule has 0 bridgehead atoms. The SMILES string of the molecule is N#Cc1cccc(Nc2cc(C(=O)NC3CC3)nc(-c3ccccc3)n2)c1. The molecular weight excluding hydrogens is 338 g/mol. The Hall–Kier alpha value is -3.72. The highest BCUT2D eigenvalue weighted by Gasteiger charge is 2.25. The Balaban J connectivity index is 1.70. The summed E-state index contributed by atoms with van der Waals surface area (Å²) in [4.78, 5) is 21.5. The maximum absolute atomic E-state index is 12.5. The van der Waals surface area contributed by atoms with Crippen molar-refractivity contribution in [2.24, 2.45) is 0 Å². The van der Waals surface area contributed by atoms with E-state index in [1.807, 2.05) is 36.4 Å². The summed E-state index contributed by atoms with van der Waals surface area (Å²) in [5.74, 6) is 0.767. The van der Waals surface area contributed by atoms with E-state index in [2.05, 4.69) is 26.7 Å². The largest absolute Gasteiger partial charge is 0.348 e. The second-order valence-electron chi connectivity index (χ2n) is 6.39.